The number of esters is 1. The maximum absolute atomic E-state index is 10.8. The van der Waals surface area contributed by atoms with Gasteiger partial charge in [0.05, 0.1) is 20.8 Å². The molecule has 0 unspecified atom stereocenters. The molecule has 0 saturated carbocycles. The largest absolute Gasteiger partial charge is 0.497 e. The molecule has 0 aliphatic carbocycles. The lowest BCUT2D eigenvalue weighted by molar-refractivity contribution is -0.140. The normalized spacial score (nSPS) is 10.1. The Balaban J connectivity index is 1.97. The molecule has 5 heteroatoms. The van der Waals surface area contributed by atoms with Crippen molar-refractivity contribution in [3.63, 3.8) is 0 Å². The zero-order valence-electron chi connectivity index (χ0n) is 14.2. The molecular formula is C19H22O5. The van der Waals surface area contributed by atoms with Gasteiger partial charge in [-0.1, -0.05) is 18.2 Å². The van der Waals surface area contributed by atoms with Crippen LogP contribution in [0, 0.1) is 0 Å². The lowest BCUT2D eigenvalue weighted by Gasteiger charge is -2.12. The lowest BCUT2D eigenvalue weighted by Crippen LogP contribution is -2.04. The van der Waals surface area contributed by atoms with E-state index >= 15 is 0 Å². The molecule has 0 amide bonds. The second kappa shape index (κ2) is 8.82. The van der Waals surface area contributed by atoms with E-state index in [0.29, 0.717) is 31.1 Å². The fourth-order valence-electron chi connectivity index (χ4n) is 2.18. The van der Waals surface area contributed by atoms with E-state index in [9.17, 15) is 4.79 Å². The SMILES string of the molecule is COc1ccc(COc2ccc(CCOC(C)=O)cc2OC)cc1. The third kappa shape index (κ3) is 5.19. The average Bonchev–Trinajstić information content (AvgIpc) is 2.60. The van der Waals surface area contributed by atoms with Gasteiger partial charge < -0.3 is 18.9 Å². The van der Waals surface area contributed by atoms with Crippen LogP contribution in [0.3, 0.4) is 0 Å². The van der Waals surface area contributed by atoms with Crippen LogP contribution in [0.4, 0.5) is 0 Å². The van der Waals surface area contributed by atoms with Crippen molar-refractivity contribution in [2.24, 2.45) is 0 Å². The maximum atomic E-state index is 10.8. The first kappa shape index (κ1) is 17.7. The molecule has 24 heavy (non-hydrogen) atoms. The number of methoxy groups -OCH3 is 2. The standard InChI is InChI=1S/C19H22O5/c1-14(20)23-11-10-15-6-9-18(19(12-15)22-3)24-13-16-4-7-17(21-2)8-5-16/h4-9,12H,10-11,13H2,1-3H3. The predicted octanol–water partition coefficient (Wildman–Crippen LogP) is 3.39. The molecular weight excluding hydrogens is 308 g/mol. The Kier molecular flexibility index (Phi) is 6.49. The van der Waals surface area contributed by atoms with Crippen molar-refractivity contribution in [1.29, 1.82) is 0 Å². The third-order valence-corrected chi connectivity index (χ3v) is 3.48. The predicted molar refractivity (Wildman–Crippen MR) is 90.7 cm³/mol. The molecule has 0 saturated heterocycles. The number of hydrogen-bond acceptors (Lipinski definition) is 5. The van der Waals surface area contributed by atoms with Crippen LogP contribution in [-0.2, 0) is 22.6 Å². The summed E-state index contributed by atoms with van der Waals surface area (Å²) in [7, 11) is 3.24. The van der Waals surface area contributed by atoms with E-state index in [1.165, 1.54) is 6.92 Å². The van der Waals surface area contributed by atoms with Gasteiger partial charge in [0.15, 0.2) is 11.5 Å². The minimum absolute atomic E-state index is 0.276. The summed E-state index contributed by atoms with van der Waals surface area (Å²) < 4.78 is 21.3. The van der Waals surface area contributed by atoms with Gasteiger partial charge in [-0.15, -0.1) is 0 Å². The molecule has 0 spiro atoms. The van der Waals surface area contributed by atoms with Crippen LogP contribution >= 0.6 is 0 Å². The van der Waals surface area contributed by atoms with Gasteiger partial charge in [0.1, 0.15) is 12.4 Å². The van der Waals surface area contributed by atoms with Crippen LogP contribution in [0.5, 0.6) is 17.2 Å². The molecule has 2 aromatic carbocycles. The van der Waals surface area contributed by atoms with Gasteiger partial charge in [-0.2, -0.15) is 0 Å². The van der Waals surface area contributed by atoms with Crippen molar-refractivity contribution in [2.75, 3.05) is 20.8 Å². The second-order valence-corrected chi connectivity index (χ2v) is 5.21. The molecule has 2 rings (SSSR count). The fraction of sp³-hybridized carbons (Fsp3) is 0.316. The van der Waals surface area contributed by atoms with Crippen LogP contribution in [0.25, 0.3) is 0 Å². The number of ether oxygens (including phenoxy) is 4. The Hall–Kier alpha value is -2.69. The van der Waals surface area contributed by atoms with Crippen molar-refractivity contribution < 1.29 is 23.7 Å². The molecule has 0 aromatic heterocycles. The van der Waals surface area contributed by atoms with Gasteiger partial charge in [-0.25, -0.2) is 0 Å². The summed E-state index contributed by atoms with van der Waals surface area (Å²) in [4.78, 5) is 10.8. The van der Waals surface area contributed by atoms with Crippen molar-refractivity contribution in [3.8, 4) is 17.2 Å². The first-order valence-corrected chi connectivity index (χ1v) is 7.68. The zero-order valence-corrected chi connectivity index (χ0v) is 14.2. The van der Waals surface area contributed by atoms with Crippen molar-refractivity contribution in [1.82, 2.24) is 0 Å². The van der Waals surface area contributed by atoms with Gasteiger partial charge >= 0.3 is 5.97 Å². The van der Waals surface area contributed by atoms with Crippen LogP contribution < -0.4 is 14.2 Å². The highest BCUT2D eigenvalue weighted by molar-refractivity contribution is 5.65. The fourth-order valence-corrected chi connectivity index (χ4v) is 2.18. The van der Waals surface area contributed by atoms with E-state index in [1.54, 1.807) is 14.2 Å². The molecule has 2 aromatic rings. The first-order chi connectivity index (χ1) is 11.6. The molecule has 0 bridgehead atoms. The quantitative estimate of drug-likeness (QED) is 0.695. The van der Waals surface area contributed by atoms with Crippen LogP contribution in [0.15, 0.2) is 42.5 Å². The average molecular weight is 330 g/mol. The Morgan fingerprint density at radius 3 is 2.25 bits per heavy atom. The first-order valence-electron chi connectivity index (χ1n) is 7.68. The summed E-state index contributed by atoms with van der Waals surface area (Å²) in [6, 6.07) is 13.4. The zero-order chi connectivity index (χ0) is 17.4. The van der Waals surface area contributed by atoms with Crippen molar-refractivity contribution in [3.05, 3.63) is 53.6 Å². The molecule has 0 atom stereocenters. The van der Waals surface area contributed by atoms with Gasteiger partial charge in [0, 0.05) is 13.3 Å². The van der Waals surface area contributed by atoms with E-state index in [0.717, 1.165) is 16.9 Å². The number of carbonyl (C=O) groups excluding carboxylic acids is 1. The minimum atomic E-state index is -0.276. The second-order valence-electron chi connectivity index (χ2n) is 5.21. The van der Waals surface area contributed by atoms with Crippen LogP contribution in [-0.4, -0.2) is 26.8 Å². The molecule has 0 N–H and O–H groups in total. The smallest absolute Gasteiger partial charge is 0.302 e. The highest BCUT2D eigenvalue weighted by atomic mass is 16.5. The maximum Gasteiger partial charge on any atom is 0.302 e. The van der Waals surface area contributed by atoms with E-state index in [4.69, 9.17) is 18.9 Å². The summed E-state index contributed by atoms with van der Waals surface area (Å²) in [5.74, 6) is 1.86. The molecule has 0 fully saturated rings. The van der Waals surface area contributed by atoms with E-state index < -0.39 is 0 Å². The Bertz CT molecular complexity index is 664. The van der Waals surface area contributed by atoms with Gasteiger partial charge in [0.2, 0.25) is 0 Å². The molecule has 128 valence electrons. The topological polar surface area (TPSA) is 54.0 Å². The van der Waals surface area contributed by atoms with E-state index in [-0.39, 0.29) is 5.97 Å². The summed E-state index contributed by atoms with van der Waals surface area (Å²) >= 11 is 0. The highest BCUT2D eigenvalue weighted by Gasteiger charge is 2.07. The molecule has 0 radical (unpaired) electrons. The minimum Gasteiger partial charge on any atom is -0.497 e. The summed E-state index contributed by atoms with van der Waals surface area (Å²) in [5, 5.41) is 0. The third-order valence-electron chi connectivity index (χ3n) is 3.48. The number of benzene rings is 2. The Morgan fingerprint density at radius 1 is 0.917 bits per heavy atom. The molecule has 0 aliphatic rings. The van der Waals surface area contributed by atoms with Crippen LogP contribution in [0.1, 0.15) is 18.1 Å². The lowest BCUT2D eigenvalue weighted by atomic mass is 10.1. The van der Waals surface area contributed by atoms with Crippen molar-refractivity contribution in [2.45, 2.75) is 20.0 Å². The highest BCUT2D eigenvalue weighted by Crippen LogP contribution is 2.29. The summed E-state index contributed by atoms with van der Waals surface area (Å²) in [6.45, 7) is 2.19. The van der Waals surface area contributed by atoms with E-state index in [1.807, 2.05) is 42.5 Å². The molecule has 0 aliphatic heterocycles. The number of hydrogen-bond donors (Lipinski definition) is 0. The molecule has 5 nitrogen and oxygen atoms in total. The Morgan fingerprint density at radius 2 is 1.62 bits per heavy atom. The monoisotopic (exact) mass is 330 g/mol. The van der Waals surface area contributed by atoms with Gasteiger partial charge in [-0.05, 0) is 35.4 Å². The van der Waals surface area contributed by atoms with E-state index in [2.05, 4.69) is 0 Å². The summed E-state index contributed by atoms with van der Waals surface area (Å²) in [5.41, 5.74) is 2.06. The summed E-state index contributed by atoms with van der Waals surface area (Å²) in [6.07, 6.45) is 0.634. The van der Waals surface area contributed by atoms with Gasteiger partial charge in [-0.3, -0.25) is 4.79 Å². The Labute approximate surface area is 142 Å². The number of rotatable bonds is 8. The van der Waals surface area contributed by atoms with Crippen molar-refractivity contribution >= 4 is 5.97 Å². The van der Waals surface area contributed by atoms with Crippen LogP contribution in [0.2, 0.25) is 0 Å². The number of carbonyl (C=O) groups is 1. The molecule has 0 heterocycles. The van der Waals surface area contributed by atoms with Gasteiger partial charge in [0.25, 0.3) is 0 Å².